The van der Waals surface area contributed by atoms with E-state index < -0.39 is 6.43 Å². The SMILES string of the molecule is Nc1cc(N)c(CBr)c(C(F)F)n1. The lowest BCUT2D eigenvalue weighted by Crippen LogP contribution is -2.05. The van der Waals surface area contributed by atoms with E-state index in [1.165, 1.54) is 6.07 Å². The molecule has 0 saturated carbocycles. The predicted molar refractivity (Wildman–Crippen MR) is 50.6 cm³/mol. The fraction of sp³-hybridized carbons (Fsp3) is 0.286. The summed E-state index contributed by atoms with van der Waals surface area (Å²) >= 11 is 3.06. The molecule has 0 aliphatic carbocycles. The van der Waals surface area contributed by atoms with Crippen LogP contribution in [-0.4, -0.2) is 4.98 Å². The molecule has 0 spiro atoms. The van der Waals surface area contributed by atoms with Crippen LogP contribution in [0, 0.1) is 0 Å². The first kappa shape index (κ1) is 10.2. The molecule has 0 atom stereocenters. The molecule has 3 nitrogen and oxygen atoms in total. The number of nitrogen functional groups attached to an aromatic ring is 2. The van der Waals surface area contributed by atoms with Crippen LogP contribution in [0.5, 0.6) is 0 Å². The van der Waals surface area contributed by atoms with Gasteiger partial charge in [-0.05, 0) is 0 Å². The summed E-state index contributed by atoms with van der Waals surface area (Å²) in [5, 5.41) is 0.242. The monoisotopic (exact) mass is 251 g/mol. The maximum absolute atomic E-state index is 12.4. The van der Waals surface area contributed by atoms with Crippen LogP contribution in [0.3, 0.4) is 0 Å². The van der Waals surface area contributed by atoms with Gasteiger partial charge >= 0.3 is 0 Å². The number of hydrogen-bond acceptors (Lipinski definition) is 3. The second kappa shape index (κ2) is 3.87. The van der Waals surface area contributed by atoms with E-state index in [1.54, 1.807) is 0 Å². The summed E-state index contributed by atoms with van der Waals surface area (Å²) in [5.41, 5.74) is 10.9. The third-order valence-electron chi connectivity index (χ3n) is 1.55. The molecule has 0 saturated heterocycles. The third kappa shape index (κ3) is 2.06. The maximum atomic E-state index is 12.4. The Kier molecular flexibility index (Phi) is 3.02. The molecule has 72 valence electrons. The highest BCUT2D eigenvalue weighted by Gasteiger charge is 2.17. The number of halogens is 3. The molecule has 0 radical (unpaired) electrons. The van der Waals surface area contributed by atoms with Crippen molar-refractivity contribution in [3.05, 3.63) is 17.3 Å². The maximum Gasteiger partial charge on any atom is 0.280 e. The van der Waals surface area contributed by atoms with Crippen molar-refractivity contribution in [2.75, 3.05) is 11.5 Å². The first-order valence-electron chi connectivity index (χ1n) is 3.45. The normalized spacial score (nSPS) is 10.8. The topological polar surface area (TPSA) is 64.9 Å². The van der Waals surface area contributed by atoms with Gasteiger partial charge < -0.3 is 11.5 Å². The summed E-state index contributed by atoms with van der Waals surface area (Å²) in [7, 11) is 0. The summed E-state index contributed by atoms with van der Waals surface area (Å²) in [5.74, 6) is 0.0116. The van der Waals surface area contributed by atoms with Gasteiger partial charge in [0.15, 0.2) is 0 Å². The Balaban J connectivity index is 3.29. The Hall–Kier alpha value is -0.910. The number of anilines is 2. The van der Waals surface area contributed by atoms with E-state index in [0.29, 0.717) is 5.56 Å². The van der Waals surface area contributed by atoms with Gasteiger partial charge in [0.2, 0.25) is 0 Å². The lowest BCUT2D eigenvalue weighted by atomic mass is 10.2. The zero-order valence-electron chi connectivity index (χ0n) is 6.60. The molecular formula is C7H8BrF2N3. The van der Waals surface area contributed by atoms with E-state index in [4.69, 9.17) is 11.5 Å². The predicted octanol–water partition coefficient (Wildman–Crippen LogP) is 2.08. The highest BCUT2D eigenvalue weighted by atomic mass is 79.9. The van der Waals surface area contributed by atoms with Crippen LogP contribution in [0.25, 0.3) is 0 Å². The number of hydrogen-bond donors (Lipinski definition) is 2. The molecule has 1 rings (SSSR count). The van der Waals surface area contributed by atoms with Crippen molar-refractivity contribution in [1.29, 1.82) is 0 Å². The smallest absolute Gasteiger partial charge is 0.280 e. The highest BCUT2D eigenvalue weighted by molar-refractivity contribution is 9.08. The van der Waals surface area contributed by atoms with Crippen LogP contribution in [0.2, 0.25) is 0 Å². The Morgan fingerprint density at radius 3 is 2.54 bits per heavy atom. The van der Waals surface area contributed by atoms with Crippen molar-refractivity contribution >= 4 is 27.4 Å². The largest absolute Gasteiger partial charge is 0.398 e. The number of aromatic nitrogens is 1. The van der Waals surface area contributed by atoms with E-state index in [-0.39, 0.29) is 22.5 Å². The van der Waals surface area contributed by atoms with Gasteiger partial charge in [-0.3, -0.25) is 0 Å². The fourth-order valence-electron chi connectivity index (χ4n) is 0.959. The van der Waals surface area contributed by atoms with Crippen molar-refractivity contribution in [3.63, 3.8) is 0 Å². The average molecular weight is 252 g/mol. The Labute approximate surface area is 82.3 Å². The first-order valence-corrected chi connectivity index (χ1v) is 4.57. The number of rotatable bonds is 2. The Morgan fingerprint density at radius 1 is 1.46 bits per heavy atom. The number of nitrogens with zero attached hydrogens (tertiary/aromatic N) is 1. The van der Waals surface area contributed by atoms with Gasteiger partial charge in [0, 0.05) is 22.6 Å². The van der Waals surface area contributed by atoms with Crippen molar-refractivity contribution in [2.24, 2.45) is 0 Å². The van der Waals surface area contributed by atoms with Crippen LogP contribution in [0.15, 0.2) is 6.07 Å². The van der Waals surface area contributed by atoms with Gasteiger partial charge in [-0.25, -0.2) is 13.8 Å². The molecule has 6 heteroatoms. The Bertz CT molecular complexity index is 317. The summed E-state index contributed by atoms with van der Waals surface area (Å²) in [4.78, 5) is 3.52. The van der Waals surface area contributed by atoms with Gasteiger partial charge in [0.25, 0.3) is 6.43 Å². The summed E-state index contributed by atoms with van der Waals surface area (Å²) in [6.45, 7) is 0. The molecule has 13 heavy (non-hydrogen) atoms. The summed E-state index contributed by atoms with van der Waals surface area (Å²) in [6.07, 6.45) is -2.65. The van der Waals surface area contributed by atoms with Crippen LogP contribution in [0.1, 0.15) is 17.7 Å². The van der Waals surface area contributed by atoms with Crippen LogP contribution in [0.4, 0.5) is 20.3 Å². The molecule has 0 bridgehead atoms. The van der Waals surface area contributed by atoms with Crippen LogP contribution >= 0.6 is 15.9 Å². The minimum atomic E-state index is -2.65. The standard InChI is InChI=1S/C7H8BrF2N3/c8-2-3-4(11)1-5(12)13-6(3)7(9)10/h1,7H,2H2,(H4,11,12,13). The zero-order valence-corrected chi connectivity index (χ0v) is 8.18. The molecule has 1 heterocycles. The minimum absolute atomic E-state index is 0.0116. The van der Waals surface area contributed by atoms with Gasteiger partial charge in [-0.15, -0.1) is 0 Å². The van der Waals surface area contributed by atoms with Gasteiger partial charge in [0.1, 0.15) is 11.5 Å². The fourth-order valence-corrected chi connectivity index (χ4v) is 1.57. The van der Waals surface area contributed by atoms with Gasteiger partial charge in [-0.2, -0.15) is 0 Å². The van der Waals surface area contributed by atoms with E-state index in [2.05, 4.69) is 20.9 Å². The van der Waals surface area contributed by atoms with Crippen molar-refractivity contribution in [2.45, 2.75) is 11.8 Å². The number of pyridine rings is 1. The zero-order chi connectivity index (χ0) is 10.0. The molecule has 0 aliphatic heterocycles. The van der Waals surface area contributed by atoms with Crippen molar-refractivity contribution < 1.29 is 8.78 Å². The Morgan fingerprint density at radius 2 is 2.08 bits per heavy atom. The van der Waals surface area contributed by atoms with E-state index in [0.717, 1.165) is 0 Å². The number of nitrogens with two attached hydrogens (primary N) is 2. The molecule has 1 aromatic rings. The summed E-state index contributed by atoms with van der Waals surface area (Å²) < 4.78 is 24.8. The molecule has 0 aliphatic rings. The van der Waals surface area contributed by atoms with Crippen molar-refractivity contribution in [3.8, 4) is 0 Å². The molecule has 0 amide bonds. The third-order valence-corrected chi connectivity index (χ3v) is 2.11. The molecule has 0 fully saturated rings. The van der Waals surface area contributed by atoms with Crippen LogP contribution < -0.4 is 11.5 Å². The highest BCUT2D eigenvalue weighted by Crippen LogP contribution is 2.28. The molecular weight excluding hydrogens is 244 g/mol. The molecule has 4 N–H and O–H groups in total. The minimum Gasteiger partial charge on any atom is -0.398 e. The van der Waals surface area contributed by atoms with Gasteiger partial charge in [0.05, 0.1) is 0 Å². The average Bonchev–Trinajstić information content (AvgIpc) is 2.02. The van der Waals surface area contributed by atoms with E-state index in [9.17, 15) is 8.78 Å². The second-order valence-electron chi connectivity index (χ2n) is 2.43. The van der Waals surface area contributed by atoms with E-state index >= 15 is 0 Å². The lowest BCUT2D eigenvalue weighted by Gasteiger charge is -2.09. The molecule has 0 unspecified atom stereocenters. The number of alkyl halides is 3. The molecule has 0 aromatic carbocycles. The van der Waals surface area contributed by atoms with Crippen LogP contribution in [-0.2, 0) is 5.33 Å². The van der Waals surface area contributed by atoms with E-state index in [1.807, 2.05) is 0 Å². The quantitative estimate of drug-likeness (QED) is 0.792. The first-order chi connectivity index (χ1) is 6.06. The second-order valence-corrected chi connectivity index (χ2v) is 3.00. The lowest BCUT2D eigenvalue weighted by molar-refractivity contribution is 0.145. The summed E-state index contributed by atoms with van der Waals surface area (Å²) in [6, 6.07) is 1.36. The van der Waals surface area contributed by atoms with Gasteiger partial charge in [-0.1, -0.05) is 15.9 Å². The van der Waals surface area contributed by atoms with Crippen molar-refractivity contribution in [1.82, 2.24) is 4.98 Å². The molecule has 1 aromatic heterocycles.